The third-order valence-corrected chi connectivity index (χ3v) is 5.32. The number of hydrogen-bond acceptors (Lipinski definition) is 3. The molecule has 1 unspecified atom stereocenters. The molecule has 1 atom stereocenters. The largest absolute Gasteiger partial charge is 0.469 e. The highest BCUT2D eigenvalue weighted by atomic mass is 32.2. The molecule has 0 radical (unpaired) electrons. The fourth-order valence-corrected chi connectivity index (χ4v) is 4.11. The molecule has 19 heavy (non-hydrogen) atoms. The maximum atomic E-state index is 12.2. The van der Waals surface area contributed by atoms with Gasteiger partial charge in [0.1, 0.15) is 0 Å². The van der Waals surface area contributed by atoms with Crippen LogP contribution in [0.3, 0.4) is 0 Å². The average molecular weight is 280 g/mol. The number of carbonyl (C=O) groups is 1. The van der Waals surface area contributed by atoms with E-state index in [1.54, 1.807) is 0 Å². The van der Waals surface area contributed by atoms with Crippen LogP contribution < -0.4 is 0 Å². The molecule has 0 aliphatic heterocycles. The molecule has 1 aromatic rings. The fraction of sp³-hybridized carbons (Fsp3) is 0.533. The molecule has 0 saturated heterocycles. The van der Waals surface area contributed by atoms with Gasteiger partial charge in [-0.15, -0.1) is 0 Å². The summed E-state index contributed by atoms with van der Waals surface area (Å²) in [5, 5.41) is 0. The molecule has 4 heteroatoms. The van der Waals surface area contributed by atoms with E-state index in [1.807, 2.05) is 31.2 Å². The molecule has 104 valence electrons. The number of carbonyl (C=O) groups excluding carboxylic acids is 1. The number of methoxy groups -OCH3 is 1. The Hall–Kier alpha value is -1.16. The van der Waals surface area contributed by atoms with Gasteiger partial charge in [0.25, 0.3) is 0 Å². The summed E-state index contributed by atoms with van der Waals surface area (Å²) in [6.45, 7) is 2.04. The molecule has 2 rings (SSSR count). The zero-order chi connectivity index (χ0) is 13.9. The molecule has 0 heterocycles. The van der Waals surface area contributed by atoms with Gasteiger partial charge in [-0.2, -0.15) is 0 Å². The van der Waals surface area contributed by atoms with Crippen LogP contribution in [0.1, 0.15) is 30.4 Å². The average Bonchev–Trinajstić information content (AvgIpc) is 3.11. The van der Waals surface area contributed by atoms with E-state index in [9.17, 15) is 9.00 Å². The van der Waals surface area contributed by atoms with Gasteiger partial charge >= 0.3 is 5.97 Å². The summed E-state index contributed by atoms with van der Waals surface area (Å²) >= 11 is 0. The molecule has 1 saturated carbocycles. The van der Waals surface area contributed by atoms with Crippen LogP contribution in [0.4, 0.5) is 0 Å². The van der Waals surface area contributed by atoms with Gasteiger partial charge in [-0.25, -0.2) is 0 Å². The monoisotopic (exact) mass is 280 g/mol. The Morgan fingerprint density at radius 1 is 1.37 bits per heavy atom. The highest BCUT2D eigenvalue weighted by Gasteiger charge is 2.45. The Kier molecular flexibility index (Phi) is 4.40. The van der Waals surface area contributed by atoms with Gasteiger partial charge in [0.05, 0.1) is 13.5 Å². The number of rotatable bonds is 6. The summed E-state index contributed by atoms with van der Waals surface area (Å²) in [7, 11) is 0.491. The second-order valence-electron chi connectivity index (χ2n) is 5.41. The standard InChI is InChI=1S/C15H20O3S/c1-12-5-3-4-6-13(12)10-19(17)11-15(7-8-15)9-14(16)18-2/h3-6H,7-11H2,1-2H3. The Bertz CT molecular complexity index is 492. The molecule has 0 amide bonds. The van der Waals surface area contributed by atoms with Gasteiger partial charge in [-0.05, 0) is 36.3 Å². The Balaban J connectivity index is 1.92. The van der Waals surface area contributed by atoms with E-state index in [0.717, 1.165) is 18.4 Å². The first kappa shape index (κ1) is 14.3. The topological polar surface area (TPSA) is 43.4 Å². The normalized spacial score (nSPS) is 17.8. The number of benzene rings is 1. The SMILES string of the molecule is COC(=O)CC1(CS(=O)Cc2ccccc2C)CC1. The number of hydrogen-bond donors (Lipinski definition) is 0. The lowest BCUT2D eigenvalue weighted by Crippen LogP contribution is -2.18. The van der Waals surface area contributed by atoms with Gasteiger partial charge in [-0.1, -0.05) is 24.3 Å². The smallest absolute Gasteiger partial charge is 0.306 e. The van der Waals surface area contributed by atoms with Crippen molar-refractivity contribution in [2.24, 2.45) is 5.41 Å². The molecule has 0 aromatic heterocycles. The highest BCUT2D eigenvalue weighted by Crippen LogP contribution is 2.49. The Morgan fingerprint density at radius 3 is 2.63 bits per heavy atom. The van der Waals surface area contributed by atoms with Gasteiger partial charge < -0.3 is 4.74 Å². The molecular formula is C15H20O3S. The number of ether oxygens (including phenoxy) is 1. The zero-order valence-electron chi connectivity index (χ0n) is 11.5. The summed E-state index contributed by atoms with van der Waals surface area (Å²) in [6.07, 6.45) is 2.38. The minimum Gasteiger partial charge on any atom is -0.469 e. The second kappa shape index (κ2) is 5.87. The van der Waals surface area contributed by atoms with Crippen molar-refractivity contribution in [2.75, 3.05) is 12.9 Å². The molecule has 0 N–H and O–H groups in total. The molecule has 0 spiro atoms. The Labute approximate surface area is 116 Å². The van der Waals surface area contributed by atoms with Gasteiger partial charge in [0, 0.05) is 22.3 Å². The van der Waals surface area contributed by atoms with Crippen molar-refractivity contribution < 1.29 is 13.7 Å². The summed E-state index contributed by atoms with van der Waals surface area (Å²) in [6, 6.07) is 8.02. The second-order valence-corrected chi connectivity index (χ2v) is 6.86. The summed E-state index contributed by atoms with van der Waals surface area (Å²) < 4.78 is 17.0. The quantitative estimate of drug-likeness (QED) is 0.752. The summed E-state index contributed by atoms with van der Waals surface area (Å²) in [4.78, 5) is 11.3. The Morgan fingerprint density at radius 2 is 2.05 bits per heavy atom. The lowest BCUT2D eigenvalue weighted by molar-refractivity contribution is -0.141. The van der Waals surface area contributed by atoms with Gasteiger partial charge in [-0.3, -0.25) is 9.00 Å². The van der Waals surface area contributed by atoms with Crippen molar-refractivity contribution in [3.05, 3.63) is 35.4 Å². The van der Waals surface area contributed by atoms with E-state index >= 15 is 0 Å². The highest BCUT2D eigenvalue weighted by molar-refractivity contribution is 7.84. The molecule has 1 fully saturated rings. The minimum absolute atomic E-state index is 0.0549. The van der Waals surface area contributed by atoms with Crippen molar-refractivity contribution in [3.63, 3.8) is 0 Å². The van der Waals surface area contributed by atoms with Crippen LogP contribution in [-0.2, 0) is 26.1 Å². The van der Waals surface area contributed by atoms with Gasteiger partial charge in [0.2, 0.25) is 0 Å². The van der Waals surface area contributed by atoms with Gasteiger partial charge in [0.15, 0.2) is 0 Å². The maximum Gasteiger partial charge on any atom is 0.306 e. The van der Waals surface area contributed by atoms with Crippen molar-refractivity contribution in [1.29, 1.82) is 0 Å². The third kappa shape index (κ3) is 3.90. The summed E-state index contributed by atoms with van der Waals surface area (Å²) in [5.41, 5.74) is 2.25. The van der Waals surface area contributed by atoms with Crippen LogP contribution in [0, 0.1) is 12.3 Å². The first-order chi connectivity index (χ1) is 9.04. The van der Waals surface area contributed by atoms with E-state index in [0.29, 0.717) is 17.9 Å². The number of esters is 1. The van der Waals surface area contributed by atoms with E-state index in [1.165, 1.54) is 12.7 Å². The van der Waals surface area contributed by atoms with Crippen molar-refractivity contribution in [3.8, 4) is 0 Å². The van der Waals surface area contributed by atoms with Crippen molar-refractivity contribution in [2.45, 2.75) is 31.9 Å². The molecule has 1 aromatic carbocycles. The molecular weight excluding hydrogens is 260 g/mol. The van der Waals surface area contributed by atoms with Crippen LogP contribution in [-0.4, -0.2) is 23.0 Å². The third-order valence-electron chi connectivity index (χ3n) is 3.75. The zero-order valence-corrected chi connectivity index (χ0v) is 12.3. The van der Waals surface area contributed by atoms with Crippen LogP contribution >= 0.6 is 0 Å². The van der Waals surface area contributed by atoms with E-state index in [4.69, 9.17) is 4.74 Å². The van der Waals surface area contributed by atoms with Crippen molar-refractivity contribution in [1.82, 2.24) is 0 Å². The molecule has 3 nitrogen and oxygen atoms in total. The lowest BCUT2D eigenvalue weighted by Gasteiger charge is -2.13. The van der Waals surface area contributed by atoms with E-state index in [2.05, 4.69) is 0 Å². The molecule has 1 aliphatic rings. The van der Waals surface area contributed by atoms with Crippen LogP contribution in [0.15, 0.2) is 24.3 Å². The molecule has 0 bridgehead atoms. The van der Waals surface area contributed by atoms with Crippen LogP contribution in [0.25, 0.3) is 0 Å². The predicted molar refractivity (Wildman–Crippen MR) is 76.2 cm³/mol. The molecule has 1 aliphatic carbocycles. The van der Waals surface area contributed by atoms with Crippen molar-refractivity contribution >= 4 is 16.8 Å². The maximum absolute atomic E-state index is 12.2. The van der Waals surface area contributed by atoms with Crippen LogP contribution in [0.2, 0.25) is 0 Å². The van der Waals surface area contributed by atoms with E-state index < -0.39 is 10.8 Å². The minimum atomic E-state index is -0.914. The predicted octanol–water partition coefficient (Wildman–Crippen LogP) is 2.59. The van der Waals surface area contributed by atoms with E-state index in [-0.39, 0.29) is 11.4 Å². The fourth-order valence-electron chi connectivity index (χ4n) is 2.27. The first-order valence-corrected chi connectivity index (χ1v) is 8.00. The summed E-state index contributed by atoms with van der Waals surface area (Å²) in [5.74, 6) is 0.997. The van der Waals surface area contributed by atoms with Crippen LogP contribution in [0.5, 0.6) is 0 Å². The first-order valence-electron chi connectivity index (χ1n) is 6.51. The lowest BCUT2D eigenvalue weighted by atomic mass is 10.1. The number of aryl methyl sites for hydroxylation is 1.